The zero-order valence-corrected chi connectivity index (χ0v) is 14.3. The molecule has 0 unspecified atom stereocenters. The molecule has 1 aromatic heterocycles. The minimum absolute atomic E-state index is 0.0318. The van der Waals surface area contributed by atoms with Crippen molar-refractivity contribution in [3.05, 3.63) is 59.2 Å². The highest BCUT2D eigenvalue weighted by Crippen LogP contribution is 2.21. The zero-order valence-electron chi connectivity index (χ0n) is 14.3. The maximum absolute atomic E-state index is 11.6. The van der Waals surface area contributed by atoms with Gasteiger partial charge in [-0.25, -0.2) is 0 Å². The molecule has 8 heteroatoms. The fraction of sp³-hybridized carbons (Fsp3) is 0.167. The van der Waals surface area contributed by atoms with Crippen molar-refractivity contribution in [1.29, 1.82) is 0 Å². The molecule has 2 N–H and O–H groups in total. The van der Waals surface area contributed by atoms with E-state index in [0.717, 1.165) is 5.56 Å². The number of rotatable bonds is 6. The molecular weight excluding hydrogens is 334 g/mol. The number of hydrogen-bond donors (Lipinski definition) is 1. The van der Waals surface area contributed by atoms with Gasteiger partial charge >= 0.3 is 0 Å². The lowest BCUT2D eigenvalue weighted by atomic mass is 10.1. The minimum atomic E-state index is -0.495. The summed E-state index contributed by atoms with van der Waals surface area (Å²) in [6.45, 7) is 1.81. The van der Waals surface area contributed by atoms with Crippen LogP contribution in [-0.4, -0.2) is 39.0 Å². The molecule has 1 amide bonds. The van der Waals surface area contributed by atoms with Gasteiger partial charge in [-0.3, -0.25) is 9.59 Å². The number of Topliss-reactive ketones (excluding diaryl/α,β-unsaturated/α-hetero) is 1. The van der Waals surface area contributed by atoms with Gasteiger partial charge in [0.05, 0.1) is 13.7 Å². The van der Waals surface area contributed by atoms with Crippen LogP contribution < -0.4 is 10.5 Å². The summed E-state index contributed by atoms with van der Waals surface area (Å²) < 4.78 is 5.33. The SMILES string of the molecule is COc1ccc(C(C)=O)cc1Cn1nnc(-c2ccc(C(N)=O)cc2)n1. The molecular formula is C18H17N5O3. The van der Waals surface area contributed by atoms with Gasteiger partial charge in [0.25, 0.3) is 0 Å². The average molecular weight is 351 g/mol. The van der Waals surface area contributed by atoms with Gasteiger partial charge in [0.1, 0.15) is 5.75 Å². The molecule has 0 aliphatic rings. The number of hydrogen-bond acceptors (Lipinski definition) is 6. The lowest BCUT2D eigenvalue weighted by molar-refractivity contribution is 0.0996. The number of nitrogens with zero attached hydrogens (tertiary/aromatic N) is 4. The lowest BCUT2D eigenvalue weighted by Gasteiger charge is -2.09. The van der Waals surface area contributed by atoms with Crippen LogP contribution in [0.5, 0.6) is 5.75 Å². The third kappa shape index (κ3) is 3.59. The first kappa shape index (κ1) is 17.3. The monoisotopic (exact) mass is 351 g/mol. The van der Waals surface area contributed by atoms with E-state index < -0.39 is 5.91 Å². The third-order valence-corrected chi connectivity index (χ3v) is 3.88. The molecule has 26 heavy (non-hydrogen) atoms. The number of tetrazole rings is 1. The summed E-state index contributed by atoms with van der Waals surface area (Å²) in [5.74, 6) is 0.531. The fourth-order valence-corrected chi connectivity index (χ4v) is 2.48. The highest BCUT2D eigenvalue weighted by Gasteiger charge is 2.12. The topological polar surface area (TPSA) is 113 Å². The quantitative estimate of drug-likeness (QED) is 0.676. The molecule has 0 fully saturated rings. The molecule has 3 aromatic rings. The third-order valence-electron chi connectivity index (χ3n) is 3.88. The fourth-order valence-electron chi connectivity index (χ4n) is 2.48. The standard InChI is InChI=1S/C18H17N5O3/c1-11(24)14-7-8-16(26-2)15(9-14)10-23-21-18(20-22-23)13-5-3-12(4-6-13)17(19)25/h3-9H,10H2,1-2H3,(H2,19,25). The number of aromatic nitrogens is 4. The van der Waals surface area contributed by atoms with Crippen molar-refractivity contribution in [3.8, 4) is 17.1 Å². The van der Waals surface area contributed by atoms with Gasteiger partial charge in [0.15, 0.2) is 5.78 Å². The second-order valence-electron chi connectivity index (χ2n) is 5.67. The molecule has 0 aliphatic heterocycles. The van der Waals surface area contributed by atoms with E-state index in [4.69, 9.17) is 10.5 Å². The van der Waals surface area contributed by atoms with Crippen LogP contribution in [0, 0.1) is 0 Å². The molecule has 2 aromatic carbocycles. The maximum atomic E-state index is 11.6. The number of methoxy groups -OCH3 is 1. The molecule has 1 heterocycles. The first-order valence-corrected chi connectivity index (χ1v) is 7.84. The maximum Gasteiger partial charge on any atom is 0.248 e. The molecule has 0 saturated heterocycles. The van der Waals surface area contributed by atoms with Crippen molar-refractivity contribution < 1.29 is 14.3 Å². The molecule has 0 radical (unpaired) electrons. The Morgan fingerprint density at radius 3 is 2.42 bits per heavy atom. The zero-order chi connectivity index (χ0) is 18.7. The molecule has 0 saturated carbocycles. The van der Waals surface area contributed by atoms with Gasteiger partial charge in [-0.05, 0) is 42.5 Å². The van der Waals surface area contributed by atoms with E-state index in [1.54, 1.807) is 49.6 Å². The second kappa shape index (κ2) is 7.14. The van der Waals surface area contributed by atoms with Crippen molar-refractivity contribution in [2.75, 3.05) is 7.11 Å². The van der Waals surface area contributed by atoms with Crippen LogP contribution in [0.1, 0.15) is 33.2 Å². The number of ether oxygens (including phenoxy) is 1. The van der Waals surface area contributed by atoms with E-state index in [-0.39, 0.29) is 5.78 Å². The summed E-state index contributed by atoms with van der Waals surface area (Å²) in [6.07, 6.45) is 0. The first-order valence-electron chi connectivity index (χ1n) is 7.84. The number of amides is 1. The van der Waals surface area contributed by atoms with E-state index >= 15 is 0 Å². The van der Waals surface area contributed by atoms with Gasteiger partial charge in [-0.2, -0.15) is 4.80 Å². The summed E-state index contributed by atoms with van der Waals surface area (Å²) in [4.78, 5) is 24.1. The van der Waals surface area contributed by atoms with E-state index in [2.05, 4.69) is 15.4 Å². The number of ketones is 1. The number of carbonyl (C=O) groups excluding carboxylic acids is 2. The molecule has 0 spiro atoms. The number of primary amides is 1. The smallest absolute Gasteiger partial charge is 0.248 e. The molecule has 0 aliphatic carbocycles. The van der Waals surface area contributed by atoms with Crippen molar-refractivity contribution >= 4 is 11.7 Å². The Hall–Kier alpha value is -3.55. The van der Waals surface area contributed by atoms with E-state index in [1.807, 2.05) is 0 Å². The van der Waals surface area contributed by atoms with Crippen molar-refractivity contribution in [3.63, 3.8) is 0 Å². The van der Waals surface area contributed by atoms with Crippen LogP contribution in [0.2, 0.25) is 0 Å². The van der Waals surface area contributed by atoms with Crippen molar-refractivity contribution in [2.45, 2.75) is 13.5 Å². The normalized spacial score (nSPS) is 10.5. The Morgan fingerprint density at radius 1 is 1.12 bits per heavy atom. The Bertz CT molecular complexity index is 963. The van der Waals surface area contributed by atoms with Gasteiger partial charge < -0.3 is 10.5 Å². The summed E-state index contributed by atoms with van der Waals surface area (Å²) >= 11 is 0. The molecule has 3 rings (SSSR count). The van der Waals surface area contributed by atoms with E-state index in [1.165, 1.54) is 11.7 Å². The van der Waals surface area contributed by atoms with Crippen molar-refractivity contribution in [2.24, 2.45) is 5.73 Å². The van der Waals surface area contributed by atoms with Crippen LogP contribution >= 0.6 is 0 Å². The van der Waals surface area contributed by atoms with Gasteiger partial charge in [0.2, 0.25) is 11.7 Å². The predicted octanol–water partition coefficient (Wildman–Crippen LogP) is 1.70. The average Bonchev–Trinajstić information content (AvgIpc) is 3.10. The lowest BCUT2D eigenvalue weighted by Crippen LogP contribution is -2.10. The Labute approximate surface area is 149 Å². The second-order valence-corrected chi connectivity index (χ2v) is 5.67. The van der Waals surface area contributed by atoms with E-state index in [9.17, 15) is 9.59 Å². The highest BCUT2D eigenvalue weighted by atomic mass is 16.5. The summed E-state index contributed by atoms with van der Waals surface area (Å²) in [6, 6.07) is 11.8. The molecule has 0 bridgehead atoms. The van der Waals surface area contributed by atoms with Gasteiger partial charge in [0, 0.05) is 22.3 Å². The Morgan fingerprint density at radius 2 is 1.81 bits per heavy atom. The Balaban J connectivity index is 1.85. The summed E-state index contributed by atoms with van der Waals surface area (Å²) in [7, 11) is 1.56. The Kier molecular flexibility index (Phi) is 4.74. The number of benzene rings is 2. The molecule has 0 atom stereocenters. The van der Waals surface area contributed by atoms with Gasteiger partial charge in [-0.1, -0.05) is 12.1 Å². The number of carbonyl (C=O) groups is 2. The van der Waals surface area contributed by atoms with Crippen LogP contribution in [0.3, 0.4) is 0 Å². The summed E-state index contributed by atoms with van der Waals surface area (Å²) in [5, 5.41) is 12.4. The van der Waals surface area contributed by atoms with Gasteiger partial charge in [-0.15, -0.1) is 10.2 Å². The first-order chi connectivity index (χ1) is 12.5. The van der Waals surface area contributed by atoms with Crippen LogP contribution in [0.25, 0.3) is 11.4 Å². The molecule has 8 nitrogen and oxygen atoms in total. The van der Waals surface area contributed by atoms with E-state index in [0.29, 0.717) is 34.8 Å². The minimum Gasteiger partial charge on any atom is -0.496 e. The molecule has 132 valence electrons. The number of nitrogens with two attached hydrogens (primary N) is 1. The van der Waals surface area contributed by atoms with Crippen LogP contribution in [0.15, 0.2) is 42.5 Å². The summed E-state index contributed by atoms with van der Waals surface area (Å²) in [5.41, 5.74) is 7.71. The largest absolute Gasteiger partial charge is 0.496 e. The highest BCUT2D eigenvalue weighted by molar-refractivity contribution is 5.94. The van der Waals surface area contributed by atoms with Crippen LogP contribution in [-0.2, 0) is 6.54 Å². The van der Waals surface area contributed by atoms with Crippen molar-refractivity contribution in [1.82, 2.24) is 20.2 Å². The van der Waals surface area contributed by atoms with Crippen LogP contribution in [0.4, 0.5) is 0 Å². The predicted molar refractivity (Wildman–Crippen MR) is 93.9 cm³/mol.